The molecule has 2 heterocycles. The van der Waals surface area contributed by atoms with Crippen molar-refractivity contribution in [3.63, 3.8) is 0 Å². The average molecular weight is 343 g/mol. The Morgan fingerprint density at radius 3 is 2.88 bits per heavy atom. The Kier molecular flexibility index (Phi) is 4.25. The first-order valence-electron chi connectivity index (χ1n) is 9.13. The topological polar surface area (TPSA) is 78.5 Å². The van der Waals surface area contributed by atoms with Crippen molar-refractivity contribution in [1.29, 1.82) is 0 Å². The fourth-order valence-corrected chi connectivity index (χ4v) is 4.40. The highest BCUT2D eigenvalue weighted by atomic mass is 16.5. The molecule has 6 heteroatoms. The van der Waals surface area contributed by atoms with Gasteiger partial charge < -0.3 is 14.7 Å². The molecule has 4 rings (SSSR count). The van der Waals surface area contributed by atoms with Gasteiger partial charge in [0, 0.05) is 36.9 Å². The number of amides is 1. The van der Waals surface area contributed by atoms with Crippen molar-refractivity contribution in [3.8, 4) is 0 Å². The number of carbonyl (C=O) groups excluding carboxylic acids is 1. The van der Waals surface area contributed by atoms with E-state index in [1.54, 1.807) is 0 Å². The molecule has 2 atom stereocenters. The van der Waals surface area contributed by atoms with Crippen LogP contribution in [0.15, 0.2) is 24.3 Å². The molecule has 1 saturated heterocycles. The summed E-state index contributed by atoms with van der Waals surface area (Å²) in [6.45, 7) is 4.04. The number of piperidine rings is 1. The summed E-state index contributed by atoms with van der Waals surface area (Å²) in [5, 5.41) is 18.5. The van der Waals surface area contributed by atoms with Gasteiger partial charge in [-0.2, -0.15) is 5.10 Å². The summed E-state index contributed by atoms with van der Waals surface area (Å²) < 4.78 is 5.79. The molecule has 2 fully saturated rings. The van der Waals surface area contributed by atoms with Crippen LogP contribution in [0.25, 0.3) is 10.9 Å². The summed E-state index contributed by atoms with van der Waals surface area (Å²) in [4.78, 5) is 14.6. The predicted molar refractivity (Wildman–Crippen MR) is 94.1 cm³/mol. The minimum absolute atomic E-state index is 0.117. The van der Waals surface area contributed by atoms with Gasteiger partial charge in [0.1, 0.15) is 0 Å². The van der Waals surface area contributed by atoms with E-state index in [-0.39, 0.29) is 23.5 Å². The number of nitrogens with zero attached hydrogens (tertiary/aromatic N) is 2. The molecule has 1 amide bonds. The molecule has 0 radical (unpaired) electrons. The zero-order chi connectivity index (χ0) is 17.4. The second-order valence-electron chi connectivity index (χ2n) is 7.21. The molecule has 0 unspecified atom stereocenters. The summed E-state index contributed by atoms with van der Waals surface area (Å²) in [6.07, 6.45) is 2.54. The number of benzene rings is 1. The SMILES string of the molecule is CCO[C@@H]1C[C@@H](O)C12CCN(C(=O)Cc1[nH]nc3ccccc13)CC2. The average Bonchev–Trinajstić information content (AvgIpc) is 3.05. The van der Waals surface area contributed by atoms with Gasteiger partial charge in [0.05, 0.1) is 29.8 Å². The quantitative estimate of drug-likeness (QED) is 0.888. The van der Waals surface area contributed by atoms with Crippen LogP contribution in [0.2, 0.25) is 0 Å². The monoisotopic (exact) mass is 343 g/mol. The Labute approximate surface area is 147 Å². The number of hydrogen-bond acceptors (Lipinski definition) is 4. The second-order valence-corrected chi connectivity index (χ2v) is 7.21. The predicted octanol–water partition coefficient (Wildman–Crippen LogP) is 1.88. The van der Waals surface area contributed by atoms with Gasteiger partial charge in [-0.25, -0.2) is 0 Å². The first kappa shape index (κ1) is 16.5. The summed E-state index contributed by atoms with van der Waals surface area (Å²) in [5.41, 5.74) is 1.62. The number of nitrogens with one attached hydrogen (secondary N) is 1. The van der Waals surface area contributed by atoms with E-state index in [4.69, 9.17) is 4.74 Å². The number of H-pyrrole nitrogens is 1. The second kappa shape index (κ2) is 6.42. The molecule has 2 aromatic rings. The number of aromatic amines is 1. The zero-order valence-corrected chi connectivity index (χ0v) is 14.6. The first-order valence-corrected chi connectivity index (χ1v) is 9.13. The van der Waals surface area contributed by atoms with Gasteiger partial charge in [-0.05, 0) is 25.8 Å². The van der Waals surface area contributed by atoms with Gasteiger partial charge in [-0.3, -0.25) is 9.89 Å². The first-order chi connectivity index (χ1) is 12.1. The van der Waals surface area contributed by atoms with Crippen molar-refractivity contribution in [2.24, 2.45) is 5.41 Å². The molecule has 1 aliphatic carbocycles. The third-order valence-corrected chi connectivity index (χ3v) is 6.03. The number of aliphatic hydroxyl groups excluding tert-OH is 1. The zero-order valence-electron chi connectivity index (χ0n) is 14.6. The van der Waals surface area contributed by atoms with Crippen LogP contribution >= 0.6 is 0 Å². The van der Waals surface area contributed by atoms with Crippen molar-refractivity contribution in [3.05, 3.63) is 30.0 Å². The lowest BCUT2D eigenvalue weighted by Crippen LogP contribution is -2.62. The van der Waals surface area contributed by atoms with Gasteiger partial charge in [0.15, 0.2) is 0 Å². The van der Waals surface area contributed by atoms with Crippen molar-refractivity contribution >= 4 is 16.8 Å². The molecule has 2 aliphatic rings. The maximum absolute atomic E-state index is 12.7. The molecular weight excluding hydrogens is 318 g/mol. The largest absolute Gasteiger partial charge is 0.392 e. The number of para-hydroxylation sites is 1. The van der Waals surface area contributed by atoms with Crippen LogP contribution in [0.5, 0.6) is 0 Å². The molecule has 0 bridgehead atoms. The molecule has 1 aromatic carbocycles. The number of fused-ring (bicyclic) bond motifs is 1. The molecule has 6 nitrogen and oxygen atoms in total. The third kappa shape index (κ3) is 2.73. The van der Waals surface area contributed by atoms with Crippen LogP contribution in [0.3, 0.4) is 0 Å². The molecule has 1 aliphatic heterocycles. The van der Waals surface area contributed by atoms with E-state index in [0.29, 0.717) is 26.1 Å². The normalized spacial score (nSPS) is 25.3. The van der Waals surface area contributed by atoms with E-state index in [0.717, 1.165) is 35.9 Å². The van der Waals surface area contributed by atoms with E-state index >= 15 is 0 Å². The van der Waals surface area contributed by atoms with Crippen LogP contribution in [-0.2, 0) is 16.0 Å². The van der Waals surface area contributed by atoms with Gasteiger partial charge >= 0.3 is 0 Å². The number of hydrogen-bond donors (Lipinski definition) is 2. The van der Waals surface area contributed by atoms with Crippen LogP contribution < -0.4 is 0 Å². The van der Waals surface area contributed by atoms with Gasteiger partial charge in [-0.15, -0.1) is 0 Å². The summed E-state index contributed by atoms with van der Waals surface area (Å²) in [5.74, 6) is 0.117. The van der Waals surface area contributed by atoms with Crippen molar-refractivity contribution < 1.29 is 14.6 Å². The van der Waals surface area contributed by atoms with Gasteiger partial charge in [0.2, 0.25) is 5.91 Å². The molecule has 2 N–H and O–H groups in total. The van der Waals surface area contributed by atoms with E-state index < -0.39 is 0 Å². The minimum Gasteiger partial charge on any atom is -0.392 e. The Balaban J connectivity index is 1.40. The van der Waals surface area contributed by atoms with E-state index in [9.17, 15) is 9.90 Å². The number of ether oxygens (including phenoxy) is 1. The highest BCUT2D eigenvalue weighted by Gasteiger charge is 2.56. The lowest BCUT2D eigenvalue weighted by Gasteiger charge is -2.56. The van der Waals surface area contributed by atoms with E-state index in [1.807, 2.05) is 36.1 Å². The molecule has 134 valence electrons. The number of aromatic nitrogens is 2. The number of carbonyl (C=O) groups is 1. The van der Waals surface area contributed by atoms with Crippen molar-refractivity contribution in [2.75, 3.05) is 19.7 Å². The molecule has 1 aromatic heterocycles. The third-order valence-electron chi connectivity index (χ3n) is 6.03. The Bertz CT molecular complexity index is 762. The van der Waals surface area contributed by atoms with Crippen LogP contribution in [0.1, 0.15) is 31.9 Å². The Morgan fingerprint density at radius 1 is 1.40 bits per heavy atom. The van der Waals surface area contributed by atoms with E-state index in [1.165, 1.54) is 0 Å². The van der Waals surface area contributed by atoms with Crippen LogP contribution in [0, 0.1) is 5.41 Å². The maximum atomic E-state index is 12.7. The molecule has 1 saturated carbocycles. The standard InChI is InChI=1S/C19H25N3O3/c1-2-25-17-12-16(23)19(17)7-9-22(10-8-19)18(24)11-15-13-5-3-4-6-14(13)20-21-15/h3-6,16-17,23H,2,7-12H2,1H3,(H,20,21)/t16-,17-/m1/s1. The number of likely N-dealkylation sites (tertiary alicyclic amines) is 1. The summed E-state index contributed by atoms with van der Waals surface area (Å²) >= 11 is 0. The molecule has 1 spiro atoms. The highest BCUT2D eigenvalue weighted by Crippen LogP contribution is 2.50. The summed E-state index contributed by atoms with van der Waals surface area (Å²) in [6, 6.07) is 7.83. The summed E-state index contributed by atoms with van der Waals surface area (Å²) in [7, 11) is 0. The molecular formula is C19H25N3O3. The Morgan fingerprint density at radius 2 is 2.16 bits per heavy atom. The molecule has 25 heavy (non-hydrogen) atoms. The number of aliphatic hydroxyl groups is 1. The van der Waals surface area contributed by atoms with Crippen LogP contribution in [0.4, 0.5) is 0 Å². The fraction of sp³-hybridized carbons (Fsp3) is 0.579. The highest BCUT2D eigenvalue weighted by molar-refractivity contribution is 5.87. The lowest BCUT2D eigenvalue weighted by atomic mass is 9.58. The fourth-order valence-electron chi connectivity index (χ4n) is 4.40. The smallest absolute Gasteiger partial charge is 0.228 e. The van der Waals surface area contributed by atoms with Gasteiger partial charge in [-0.1, -0.05) is 18.2 Å². The Hall–Kier alpha value is -1.92. The number of rotatable bonds is 4. The minimum atomic E-state index is -0.294. The van der Waals surface area contributed by atoms with Crippen molar-refractivity contribution in [1.82, 2.24) is 15.1 Å². The van der Waals surface area contributed by atoms with Gasteiger partial charge in [0.25, 0.3) is 0 Å². The van der Waals surface area contributed by atoms with Crippen molar-refractivity contribution in [2.45, 2.75) is 44.8 Å². The van der Waals surface area contributed by atoms with Crippen LogP contribution in [-0.4, -0.2) is 58.0 Å². The maximum Gasteiger partial charge on any atom is 0.228 e. The van der Waals surface area contributed by atoms with E-state index in [2.05, 4.69) is 10.2 Å². The lowest BCUT2D eigenvalue weighted by molar-refractivity contribution is -0.210.